The highest BCUT2D eigenvalue weighted by Crippen LogP contribution is 2.44. The number of aromatic nitrogens is 1. The number of unbranched alkanes of at least 4 members (excludes halogenated alkanes) is 3. The quantitative estimate of drug-likeness (QED) is 0.205. The van der Waals surface area contributed by atoms with Crippen molar-refractivity contribution in [1.29, 1.82) is 0 Å². The van der Waals surface area contributed by atoms with E-state index in [2.05, 4.69) is 55.7 Å². The molecule has 3 aliphatic rings. The lowest BCUT2D eigenvalue weighted by molar-refractivity contribution is -0.150. The van der Waals surface area contributed by atoms with Crippen molar-refractivity contribution in [2.45, 2.75) is 103 Å². The first kappa shape index (κ1) is 29.6. The van der Waals surface area contributed by atoms with Crippen molar-refractivity contribution in [3.8, 4) is 0 Å². The second-order valence-electron chi connectivity index (χ2n) is 12.5. The number of ether oxygens (including phenoxy) is 1. The van der Waals surface area contributed by atoms with Crippen molar-refractivity contribution in [3.05, 3.63) is 58.8 Å². The Morgan fingerprint density at radius 1 is 1.24 bits per heavy atom. The van der Waals surface area contributed by atoms with Gasteiger partial charge in [0.1, 0.15) is 11.9 Å². The van der Waals surface area contributed by atoms with E-state index in [1.165, 1.54) is 17.6 Å². The molecule has 1 aliphatic carbocycles. The number of rotatable bonds is 15. The average molecular weight is 561 g/mol. The van der Waals surface area contributed by atoms with Gasteiger partial charge in [-0.15, -0.1) is 0 Å². The van der Waals surface area contributed by atoms with Crippen molar-refractivity contribution < 1.29 is 14.6 Å². The molecule has 1 aromatic heterocycles. The highest BCUT2D eigenvalue weighted by Gasteiger charge is 2.42. The maximum absolute atomic E-state index is 12.6. The fraction of sp³-hybridized carbons (Fsp3) is 0.588. The van der Waals surface area contributed by atoms with Crippen molar-refractivity contribution in [1.82, 2.24) is 9.88 Å². The number of anilines is 2. The first-order valence-corrected chi connectivity index (χ1v) is 15.8. The molecule has 0 spiro atoms. The molecule has 7 heteroatoms. The monoisotopic (exact) mass is 560 g/mol. The Morgan fingerprint density at radius 2 is 2.07 bits per heavy atom. The fourth-order valence-electron chi connectivity index (χ4n) is 5.97. The number of nitrogens with zero attached hydrogens (tertiary/aromatic N) is 2. The van der Waals surface area contributed by atoms with Crippen LogP contribution >= 0.6 is 0 Å². The van der Waals surface area contributed by atoms with Gasteiger partial charge in [0.05, 0.1) is 6.10 Å². The molecule has 0 bridgehead atoms. The normalized spacial score (nSPS) is 19.1. The van der Waals surface area contributed by atoms with Gasteiger partial charge in [0.2, 0.25) is 0 Å². The minimum Gasteiger partial charge on any atom is -0.480 e. The van der Waals surface area contributed by atoms with Crippen LogP contribution in [0.1, 0.15) is 101 Å². The van der Waals surface area contributed by atoms with E-state index in [4.69, 9.17) is 9.72 Å². The Kier molecular flexibility index (Phi) is 9.66. The summed E-state index contributed by atoms with van der Waals surface area (Å²) in [4.78, 5) is 19.5. The number of nitrogens with one attached hydrogen (secondary N) is 2. The lowest BCUT2D eigenvalue weighted by Gasteiger charge is -2.43. The largest absolute Gasteiger partial charge is 0.480 e. The topological polar surface area (TPSA) is 86.7 Å². The number of aryl methyl sites for hydroxylation is 2. The molecule has 1 unspecified atom stereocenters. The van der Waals surface area contributed by atoms with Crippen molar-refractivity contribution in [2.75, 3.05) is 36.9 Å². The number of hydrogen-bond donors (Lipinski definition) is 3. The molecule has 1 aromatic carbocycles. The van der Waals surface area contributed by atoms with E-state index in [0.29, 0.717) is 13.1 Å². The van der Waals surface area contributed by atoms with Gasteiger partial charge in [0.25, 0.3) is 0 Å². The Morgan fingerprint density at radius 3 is 2.83 bits per heavy atom. The molecule has 0 radical (unpaired) electrons. The summed E-state index contributed by atoms with van der Waals surface area (Å²) in [5.41, 5.74) is 6.71. The van der Waals surface area contributed by atoms with Crippen LogP contribution in [-0.4, -0.2) is 58.8 Å². The number of carbonyl (C=O) groups is 1. The number of carboxylic acid groups (broad SMARTS) is 1. The van der Waals surface area contributed by atoms with Crippen molar-refractivity contribution in [2.24, 2.45) is 0 Å². The fourth-order valence-corrected chi connectivity index (χ4v) is 5.97. The van der Waals surface area contributed by atoms with Crippen molar-refractivity contribution in [3.63, 3.8) is 0 Å². The van der Waals surface area contributed by atoms with Gasteiger partial charge in [-0.3, -0.25) is 9.69 Å². The summed E-state index contributed by atoms with van der Waals surface area (Å²) in [6, 6.07) is 9.84. The number of benzene rings is 1. The predicted octanol–water partition coefficient (Wildman–Crippen LogP) is 6.85. The summed E-state index contributed by atoms with van der Waals surface area (Å²) in [5.74, 6) is 0.275. The lowest BCUT2D eigenvalue weighted by Crippen LogP contribution is -2.55. The van der Waals surface area contributed by atoms with Gasteiger partial charge in [0, 0.05) is 54.3 Å². The second kappa shape index (κ2) is 13.4. The first-order chi connectivity index (χ1) is 19.9. The predicted molar refractivity (Wildman–Crippen MR) is 167 cm³/mol. The summed E-state index contributed by atoms with van der Waals surface area (Å²) in [5, 5.41) is 17.5. The van der Waals surface area contributed by atoms with Crippen LogP contribution in [-0.2, 0) is 22.4 Å². The van der Waals surface area contributed by atoms with Gasteiger partial charge in [-0.1, -0.05) is 50.1 Å². The number of hydrogen-bond acceptors (Lipinski definition) is 6. The minimum absolute atomic E-state index is 0.0480. The molecule has 0 amide bonds. The van der Waals surface area contributed by atoms with Gasteiger partial charge in [-0.2, -0.15) is 0 Å². The van der Waals surface area contributed by atoms with E-state index in [1.54, 1.807) is 0 Å². The summed E-state index contributed by atoms with van der Waals surface area (Å²) < 4.78 is 6.14. The third-order valence-electron chi connectivity index (χ3n) is 8.84. The number of carboxylic acids is 1. The molecule has 1 atom stereocenters. The van der Waals surface area contributed by atoms with Crippen LogP contribution in [0.5, 0.6) is 0 Å². The molecule has 1 saturated heterocycles. The second-order valence-corrected chi connectivity index (χ2v) is 12.5. The van der Waals surface area contributed by atoms with E-state index in [1.807, 2.05) is 17.0 Å². The molecule has 41 heavy (non-hydrogen) atoms. The van der Waals surface area contributed by atoms with E-state index in [9.17, 15) is 9.90 Å². The van der Waals surface area contributed by atoms with E-state index in [0.717, 1.165) is 99.3 Å². The number of allylic oxidation sites excluding steroid dienone is 2. The van der Waals surface area contributed by atoms with E-state index < -0.39 is 12.0 Å². The number of pyridine rings is 1. The van der Waals surface area contributed by atoms with Crippen LogP contribution in [0.25, 0.3) is 5.57 Å². The summed E-state index contributed by atoms with van der Waals surface area (Å²) >= 11 is 0. The molecule has 5 rings (SSSR count). The maximum atomic E-state index is 12.6. The van der Waals surface area contributed by atoms with Gasteiger partial charge < -0.3 is 20.5 Å². The molecular weight excluding hydrogens is 512 g/mol. The lowest BCUT2D eigenvalue weighted by atomic mass is 9.93. The zero-order valence-electron chi connectivity index (χ0n) is 25.2. The molecule has 1 saturated carbocycles. The Hall–Kier alpha value is -2.90. The Balaban J connectivity index is 1.12. The smallest absolute Gasteiger partial charge is 0.325 e. The van der Waals surface area contributed by atoms with Crippen LogP contribution in [0.4, 0.5) is 11.5 Å². The molecular formula is C34H48N4O3. The standard InChI is InChI=1S/C34H48N4O3/c1-4-5-11-24(2)28-14-9-15-29(30(28)37-34(3)18-19-34)31(33(39)40)38-22-27(23-38)41-21-8-6-7-13-26-17-16-25-12-10-20-35-32(25)36-26/h9,11,14-17,27,31,37H,4-8,10,12-13,18-23H2,1-3H3,(H,35,36)(H,39,40)/b24-11-. The molecule has 222 valence electrons. The Labute approximate surface area is 245 Å². The van der Waals surface area contributed by atoms with Gasteiger partial charge in [-0.05, 0) is 82.4 Å². The number of para-hydroxylation sites is 1. The molecule has 7 nitrogen and oxygen atoms in total. The third kappa shape index (κ3) is 7.49. The average Bonchev–Trinajstić information content (AvgIpc) is 3.68. The van der Waals surface area contributed by atoms with Gasteiger partial charge in [0.15, 0.2) is 0 Å². The SMILES string of the molecule is CCC/C=C(/C)c1cccc(C(C(=O)O)N2CC(OCCCCCc3ccc4c(n3)NCCC4)C2)c1NC1(C)CC1. The first-order valence-electron chi connectivity index (χ1n) is 15.8. The van der Waals surface area contributed by atoms with Crippen LogP contribution in [0.3, 0.4) is 0 Å². The highest BCUT2D eigenvalue weighted by molar-refractivity contribution is 5.84. The van der Waals surface area contributed by atoms with Crippen LogP contribution in [0.2, 0.25) is 0 Å². The molecule has 3 heterocycles. The van der Waals surface area contributed by atoms with E-state index in [-0.39, 0.29) is 11.6 Å². The zero-order chi connectivity index (χ0) is 28.8. The Bertz CT molecular complexity index is 1230. The number of fused-ring (bicyclic) bond motifs is 1. The summed E-state index contributed by atoms with van der Waals surface area (Å²) in [7, 11) is 0. The maximum Gasteiger partial charge on any atom is 0.325 e. The summed E-state index contributed by atoms with van der Waals surface area (Å²) in [6.07, 6.45) is 13.2. The summed E-state index contributed by atoms with van der Waals surface area (Å²) in [6.45, 7) is 9.58. The van der Waals surface area contributed by atoms with Crippen LogP contribution in [0, 0.1) is 0 Å². The molecule has 3 N–H and O–H groups in total. The highest BCUT2D eigenvalue weighted by atomic mass is 16.5. The number of likely N-dealkylation sites (tertiary alicyclic amines) is 1. The third-order valence-corrected chi connectivity index (χ3v) is 8.84. The molecule has 2 fully saturated rings. The van der Waals surface area contributed by atoms with Crippen LogP contribution in [0.15, 0.2) is 36.4 Å². The number of aliphatic carboxylic acids is 1. The van der Waals surface area contributed by atoms with E-state index >= 15 is 0 Å². The molecule has 2 aliphatic heterocycles. The zero-order valence-corrected chi connectivity index (χ0v) is 25.2. The molecule has 2 aromatic rings. The minimum atomic E-state index is -0.800. The van der Waals surface area contributed by atoms with Gasteiger partial charge in [-0.25, -0.2) is 4.98 Å². The van der Waals surface area contributed by atoms with Crippen molar-refractivity contribution >= 4 is 23.0 Å². The van der Waals surface area contributed by atoms with Gasteiger partial charge >= 0.3 is 5.97 Å². The van der Waals surface area contributed by atoms with Crippen LogP contribution < -0.4 is 10.6 Å².